The molecular weight excluding hydrogens is 334 g/mol. The van der Waals surface area contributed by atoms with Crippen LogP contribution in [0, 0.1) is 5.92 Å². The van der Waals surface area contributed by atoms with Crippen molar-refractivity contribution in [2.24, 2.45) is 5.92 Å². The van der Waals surface area contributed by atoms with Crippen LogP contribution in [0.2, 0.25) is 4.22 Å². The van der Waals surface area contributed by atoms with Crippen LogP contribution < -0.4 is 37.2 Å². The third-order valence-electron chi connectivity index (χ3n) is 4.72. The summed E-state index contributed by atoms with van der Waals surface area (Å²) < 4.78 is 0.874. The SMILES string of the molecule is CCC1C2=C(CCCC2)C2=C1[CH]([Ti+3])CCC2.[Cl-].[Cl-].[Cl-]. The monoisotopic (exact) mass is 354 g/mol. The van der Waals surface area contributed by atoms with Crippen LogP contribution >= 0.6 is 0 Å². The molecule has 0 aliphatic heterocycles. The maximum absolute atomic E-state index is 2.47. The minimum atomic E-state index is 0. The van der Waals surface area contributed by atoms with Crippen LogP contribution in [-0.2, 0) is 20.4 Å². The summed E-state index contributed by atoms with van der Waals surface area (Å²) >= 11 is 2.47. The van der Waals surface area contributed by atoms with Crippen LogP contribution in [0.25, 0.3) is 0 Å². The van der Waals surface area contributed by atoms with Gasteiger partial charge in [0, 0.05) is 0 Å². The van der Waals surface area contributed by atoms with Crippen molar-refractivity contribution in [2.45, 2.75) is 62.5 Å². The van der Waals surface area contributed by atoms with Crippen molar-refractivity contribution in [3.05, 3.63) is 22.3 Å². The molecule has 0 aromatic carbocycles. The van der Waals surface area contributed by atoms with Gasteiger partial charge in [0.05, 0.1) is 0 Å². The molecule has 0 fully saturated rings. The molecule has 2 unspecified atom stereocenters. The van der Waals surface area contributed by atoms with E-state index in [1.54, 1.807) is 0 Å². The van der Waals surface area contributed by atoms with Crippen molar-refractivity contribution in [2.75, 3.05) is 0 Å². The van der Waals surface area contributed by atoms with E-state index in [2.05, 4.69) is 27.4 Å². The molecule has 0 heterocycles. The van der Waals surface area contributed by atoms with Gasteiger partial charge in [0.25, 0.3) is 0 Å². The predicted octanol–water partition coefficient (Wildman–Crippen LogP) is -4.28. The van der Waals surface area contributed by atoms with E-state index in [-0.39, 0.29) is 37.2 Å². The van der Waals surface area contributed by atoms with E-state index in [0.29, 0.717) is 0 Å². The van der Waals surface area contributed by atoms with E-state index >= 15 is 0 Å². The van der Waals surface area contributed by atoms with Crippen LogP contribution in [0.4, 0.5) is 0 Å². The predicted molar refractivity (Wildman–Crippen MR) is 63.9 cm³/mol. The molecular formula is C15H21Cl3Ti. The fraction of sp³-hybridized carbons (Fsp3) is 0.733. The first kappa shape index (κ1) is 20.1. The Kier molecular flexibility index (Phi) is 8.97. The van der Waals surface area contributed by atoms with Crippen LogP contribution in [0.1, 0.15) is 58.3 Å². The van der Waals surface area contributed by atoms with Gasteiger partial charge in [-0.05, 0) is 0 Å². The third kappa shape index (κ3) is 3.46. The number of halogens is 3. The normalized spacial score (nSPS) is 28.8. The van der Waals surface area contributed by atoms with Gasteiger partial charge in [-0.25, -0.2) is 0 Å². The zero-order valence-electron chi connectivity index (χ0n) is 11.4. The van der Waals surface area contributed by atoms with Crippen molar-refractivity contribution in [1.82, 2.24) is 0 Å². The summed E-state index contributed by atoms with van der Waals surface area (Å²) in [7, 11) is 0. The molecule has 3 aliphatic carbocycles. The second kappa shape index (κ2) is 8.49. The average Bonchev–Trinajstić information content (AvgIpc) is 2.65. The summed E-state index contributed by atoms with van der Waals surface area (Å²) in [4.78, 5) is 0. The quantitative estimate of drug-likeness (QED) is 0.418. The number of fused-ring (bicyclic) bond motifs is 1. The summed E-state index contributed by atoms with van der Waals surface area (Å²) in [5.74, 6) is 0.862. The minimum absolute atomic E-state index is 0. The number of allylic oxidation sites excluding steroid dienone is 4. The van der Waals surface area contributed by atoms with Crippen molar-refractivity contribution in [3.63, 3.8) is 0 Å². The van der Waals surface area contributed by atoms with Crippen molar-refractivity contribution in [1.29, 1.82) is 0 Å². The molecule has 2 atom stereocenters. The Hall–Kier alpha value is 1.06. The van der Waals surface area contributed by atoms with Gasteiger partial charge in [0.15, 0.2) is 0 Å². The maximum Gasteiger partial charge on any atom is -1.00 e. The number of hydrogen-bond acceptors (Lipinski definition) is 0. The minimum Gasteiger partial charge on any atom is -1.00 e. The number of hydrogen-bond donors (Lipinski definition) is 0. The Morgan fingerprint density at radius 1 is 0.947 bits per heavy atom. The molecule has 0 spiro atoms. The molecule has 19 heavy (non-hydrogen) atoms. The molecule has 0 N–H and O–H groups in total. The summed E-state index contributed by atoms with van der Waals surface area (Å²) in [6, 6.07) is 0. The maximum atomic E-state index is 2.47. The molecule has 0 amide bonds. The topological polar surface area (TPSA) is 0 Å². The molecule has 0 saturated heterocycles. The molecule has 0 aromatic rings. The van der Waals surface area contributed by atoms with Gasteiger partial charge in [-0.2, -0.15) is 0 Å². The van der Waals surface area contributed by atoms with Crippen LogP contribution in [0.3, 0.4) is 0 Å². The van der Waals surface area contributed by atoms with Gasteiger partial charge >= 0.3 is 111 Å². The van der Waals surface area contributed by atoms with Crippen LogP contribution in [0.5, 0.6) is 0 Å². The van der Waals surface area contributed by atoms with E-state index in [9.17, 15) is 0 Å². The standard InChI is InChI=1S/C15H21.3ClH.Ti/c1-2-11-12-7-3-5-9-14(12)15-10-6-4-8-13(11)15;;;;/h7,11H,2-6,8-10H2,1H3;3*1H;/q;;;;+3/p-3. The molecule has 4 heteroatoms. The molecule has 106 valence electrons. The first-order valence-corrected chi connectivity index (χ1v) is 7.89. The molecule has 0 aromatic heterocycles. The molecule has 0 nitrogen and oxygen atoms in total. The van der Waals surface area contributed by atoms with E-state index in [0.717, 1.165) is 10.1 Å². The fourth-order valence-corrected chi connectivity index (χ4v) is 4.99. The van der Waals surface area contributed by atoms with Crippen LogP contribution in [0.15, 0.2) is 22.3 Å². The molecule has 0 saturated carbocycles. The Balaban J connectivity index is 0.00000108. The Morgan fingerprint density at radius 2 is 1.58 bits per heavy atom. The van der Waals surface area contributed by atoms with E-state index in [1.807, 2.05) is 22.3 Å². The van der Waals surface area contributed by atoms with E-state index in [1.165, 1.54) is 51.4 Å². The summed E-state index contributed by atoms with van der Waals surface area (Å²) in [5.41, 5.74) is 7.41. The van der Waals surface area contributed by atoms with Crippen LogP contribution in [-0.4, -0.2) is 0 Å². The Morgan fingerprint density at radius 3 is 2.26 bits per heavy atom. The first-order valence-electron chi connectivity index (χ1n) is 6.99. The van der Waals surface area contributed by atoms with Crippen molar-refractivity contribution >= 4 is 0 Å². The van der Waals surface area contributed by atoms with Gasteiger partial charge in [-0.1, -0.05) is 0 Å². The summed E-state index contributed by atoms with van der Waals surface area (Å²) in [6.07, 6.45) is 11.3. The summed E-state index contributed by atoms with van der Waals surface area (Å²) in [6.45, 7) is 2.39. The van der Waals surface area contributed by atoms with Gasteiger partial charge in [0.2, 0.25) is 0 Å². The molecule has 0 bridgehead atoms. The largest absolute Gasteiger partial charge is 1.00 e. The fourth-order valence-electron chi connectivity index (χ4n) is 4.08. The van der Waals surface area contributed by atoms with Gasteiger partial charge in [-0.3, -0.25) is 0 Å². The van der Waals surface area contributed by atoms with E-state index in [4.69, 9.17) is 0 Å². The summed E-state index contributed by atoms with van der Waals surface area (Å²) in [5, 5.41) is 0. The Labute approximate surface area is 147 Å². The molecule has 0 radical (unpaired) electrons. The van der Waals surface area contributed by atoms with Gasteiger partial charge in [-0.15, -0.1) is 0 Å². The smallest absolute Gasteiger partial charge is 1.00 e. The molecule has 3 rings (SSSR count). The first-order chi connectivity index (χ1) is 7.83. The zero-order chi connectivity index (χ0) is 11.1. The van der Waals surface area contributed by atoms with Crippen molar-refractivity contribution in [3.8, 4) is 0 Å². The van der Waals surface area contributed by atoms with Gasteiger partial charge in [0.1, 0.15) is 0 Å². The van der Waals surface area contributed by atoms with E-state index < -0.39 is 0 Å². The average molecular weight is 356 g/mol. The zero-order valence-corrected chi connectivity index (χ0v) is 15.3. The third-order valence-corrected chi connectivity index (χ3v) is 5.66. The Bertz CT molecular complexity index is 374. The molecule has 3 aliphatic rings. The second-order valence-corrected chi connectivity index (χ2v) is 6.64. The second-order valence-electron chi connectivity index (χ2n) is 5.55. The van der Waals surface area contributed by atoms with Crippen molar-refractivity contribution < 1.29 is 57.7 Å². The number of rotatable bonds is 1. The van der Waals surface area contributed by atoms with Gasteiger partial charge < -0.3 is 37.2 Å².